The molecular weight excluding hydrogens is 432 g/mol. The number of carbonyl (C=O) groups is 3. The molecule has 2 aromatic carbocycles. The molecule has 2 saturated carbocycles. The Labute approximate surface area is 198 Å². The third-order valence-corrected chi connectivity index (χ3v) is 7.72. The number of alkyl carbamates (subject to hydrolysis) is 1. The highest BCUT2D eigenvalue weighted by molar-refractivity contribution is 5.89. The van der Waals surface area contributed by atoms with E-state index in [4.69, 9.17) is 4.74 Å². The number of fused-ring (bicyclic) bond motifs is 3. The van der Waals surface area contributed by atoms with E-state index in [1.165, 1.54) is 0 Å². The van der Waals surface area contributed by atoms with E-state index in [9.17, 15) is 19.5 Å². The summed E-state index contributed by atoms with van der Waals surface area (Å²) in [6.07, 6.45) is 3.12. The number of hydrogen-bond donors (Lipinski definition) is 3. The van der Waals surface area contributed by atoms with Crippen LogP contribution in [-0.2, 0) is 14.3 Å². The number of nitrogens with one attached hydrogen (secondary N) is 2. The quantitative estimate of drug-likeness (QED) is 0.576. The van der Waals surface area contributed by atoms with Crippen molar-refractivity contribution in [3.63, 3.8) is 0 Å². The zero-order valence-electron chi connectivity index (χ0n) is 19.3. The molecule has 3 aliphatic rings. The second-order valence-electron chi connectivity index (χ2n) is 9.88. The number of hydrogen-bond acceptors (Lipinski definition) is 4. The molecule has 7 nitrogen and oxygen atoms in total. The molecule has 0 saturated heterocycles. The van der Waals surface area contributed by atoms with Crippen molar-refractivity contribution in [1.82, 2.24) is 10.6 Å². The topological polar surface area (TPSA) is 105 Å². The first-order chi connectivity index (χ1) is 16.4. The number of aliphatic carboxylic acids is 1. The maximum atomic E-state index is 13.0. The number of benzene rings is 2. The molecule has 0 aliphatic heterocycles. The minimum atomic E-state index is -1.26. The van der Waals surface area contributed by atoms with Crippen molar-refractivity contribution >= 4 is 18.0 Å². The average molecular weight is 463 g/mol. The van der Waals surface area contributed by atoms with Gasteiger partial charge in [-0.05, 0) is 60.8 Å². The van der Waals surface area contributed by atoms with Crippen LogP contribution in [-0.4, -0.2) is 41.3 Å². The van der Waals surface area contributed by atoms with Gasteiger partial charge in [-0.3, -0.25) is 4.79 Å². The van der Waals surface area contributed by atoms with Gasteiger partial charge in [-0.25, -0.2) is 9.59 Å². The fourth-order valence-electron chi connectivity index (χ4n) is 5.58. The molecule has 0 bridgehead atoms. The monoisotopic (exact) mass is 462 g/mol. The maximum Gasteiger partial charge on any atom is 0.407 e. The van der Waals surface area contributed by atoms with E-state index < -0.39 is 23.5 Å². The van der Waals surface area contributed by atoms with Crippen molar-refractivity contribution in [2.75, 3.05) is 6.61 Å². The van der Waals surface area contributed by atoms with Crippen LogP contribution in [0.25, 0.3) is 11.1 Å². The van der Waals surface area contributed by atoms with Crippen molar-refractivity contribution in [1.29, 1.82) is 0 Å². The van der Waals surface area contributed by atoms with Gasteiger partial charge in [0.2, 0.25) is 5.91 Å². The summed E-state index contributed by atoms with van der Waals surface area (Å²) in [5.41, 5.74) is 3.35. The Bertz CT molecular complexity index is 1080. The van der Waals surface area contributed by atoms with Crippen molar-refractivity contribution in [3.05, 3.63) is 59.7 Å². The molecular formula is C27H30N2O5. The molecule has 2 amide bonds. The molecule has 2 aromatic rings. The lowest BCUT2D eigenvalue weighted by molar-refractivity contribution is -0.148. The van der Waals surface area contributed by atoms with Gasteiger partial charge in [0.1, 0.15) is 12.1 Å². The van der Waals surface area contributed by atoms with E-state index in [1.54, 1.807) is 6.92 Å². The molecule has 34 heavy (non-hydrogen) atoms. The molecule has 3 atom stereocenters. The van der Waals surface area contributed by atoms with Crippen molar-refractivity contribution in [2.24, 2.45) is 11.8 Å². The molecule has 0 spiro atoms. The number of carboxylic acids is 1. The first-order valence-electron chi connectivity index (χ1n) is 12.1. The fraction of sp³-hybridized carbons (Fsp3) is 0.444. The van der Waals surface area contributed by atoms with E-state index in [1.807, 2.05) is 24.3 Å². The Kier molecular flexibility index (Phi) is 5.80. The summed E-state index contributed by atoms with van der Waals surface area (Å²) in [7, 11) is 0. The highest BCUT2D eigenvalue weighted by Crippen LogP contribution is 2.44. The van der Waals surface area contributed by atoms with Crippen LogP contribution in [0.4, 0.5) is 4.79 Å². The highest BCUT2D eigenvalue weighted by atomic mass is 16.5. The van der Waals surface area contributed by atoms with Gasteiger partial charge in [0, 0.05) is 12.0 Å². The van der Waals surface area contributed by atoms with Gasteiger partial charge in [-0.1, -0.05) is 55.0 Å². The van der Waals surface area contributed by atoms with Crippen LogP contribution in [0, 0.1) is 11.8 Å². The third-order valence-electron chi connectivity index (χ3n) is 7.72. The van der Waals surface area contributed by atoms with Gasteiger partial charge < -0.3 is 20.5 Å². The number of carboxylic acid groups (broad SMARTS) is 1. The minimum Gasteiger partial charge on any atom is -0.480 e. The van der Waals surface area contributed by atoms with Gasteiger partial charge in [0.25, 0.3) is 0 Å². The Hall–Kier alpha value is -3.35. The van der Waals surface area contributed by atoms with Crippen molar-refractivity contribution in [3.8, 4) is 11.1 Å². The summed E-state index contributed by atoms with van der Waals surface area (Å²) >= 11 is 0. The van der Waals surface area contributed by atoms with E-state index in [2.05, 4.69) is 34.9 Å². The first kappa shape index (κ1) is 22.4. The summed E-state index contributed by atoms with van der Waals surface area (Å²) in [4.78, 5) is 37.5. The van der Waals surface area contributed by atoms with Crippen molar-refractivity contribution < 1.29 is 24.2 Å². The van der Waals surface area contributed by atoms with Gasteiger partial charge in [-0.2, -0.15) is 0 Å². The highest BCUT2D eigenvalue weighted by Gasteiger charge is 2.50. The predicted octanol–water partition coefficient (Wildman–Crippen LogP) is 4.06. The largest absolute Gasteiger partial charge is 0.480 e. The predicted molar refractivity (Wildman–Crippen MR) is 126 cm³/mol. The standard InChI is InChI=1S/C27H30N2O5/c1-27(25(31)32,16-13-14-16)29-24(30)21-11-6-12-23(21)28-26(33)34-15-22-19-9-4-2-7-17(19)18-8-3-5-10-20(18)22/h2-5,7-10,16,21-23H,6,11-15H2,1H3,(H,28,33)(H,29,30)(H,31,32)/t21-,23+,27?/m1/s1. The zero-order valence-corrected chi connectivity index (χ0v) is 19.3. The van der Waals surface area contributed by atoms with Gasteiger partial charge >= 0.3 is 12.1 Å². The van der Waals surface area contributed by atoms with E-state index in [-0.39, 0.29) is 30.4 Å². The SMILES string of the molecule is CC(NC(=O)[C@@H]1CCC[C@@H]1NC(=O)OCC1c2ccccc2-c2ccccc21)(C(=O)O)C1CC1. The number of amides is 2. The van der Waals surface area contributed by atoms with Crippen LogP contribution < -0.4 is 10.6 Å². The maximum absolute atomic E-state index is 13.0. The van der Waals surface area contributed by atoms with Gasteiger partial charge in [0.15, 0.2) is 0 Å². The summed E-state index contributed by atoms with van der Waals surface area (Å²) in [5, 5.41) is 15.3. The summed E-state index contributed by atoms with van der Waals surface area (Å²) in [5.74, 6) is -1.85. The van der Waals surface area contributed by atoms with Crippen LogP contribution in [0.2, 0.25) is 0 Å². The molecule has 0 aromatic heterocycles. The molecule has 178 valence electrons. The first-order valence-corrected chi connectivity index (χ1v) is 12.1. The normalized spacial score (nSPS) is 22.9. The number of ether oxygens (including phenoxy) is 1. The summed E-state index contributed by atoms with van der Waals surface area (Å²) in [6, 6.07) is 15.9. The van der Waals surface area contributed by atoms with Crippen LogP contribution in [0.3, 0.4) is 0 Å². The molecule has 0 radical (unpaired) electrons. The molecule has 1 unspecified atom stereocenters. The smallest absolute Gasteiger partial charge is 0.407 e. The Morgan fingerprint density at radius 2 is 1.59 bits per heavy atom. The second kappa shape index (κ2) is 8.78. The Morgan fingerprint density at radius 3 is 2.18 bits per heavy atom. The molecule has 3 aliphatic carbocycles. The lowest BCUT2D eigenvalue weighted by Crippen LogP contribution is -2.57. The third kappa shape index (κ3) is 4.04. The summed E-state index contributed by atoms with van der Waals surface area (Å²) in [6.45, 7) is 1.79. The zero-order chi connectivity index (χ0) is 23.9. The number of rotatable bonds is 7. The average Bonchev–Trinajstić information content (AvgIpc) is 3.51. The molecule has 2 fully saturated rings. The molecule has 3 N–H and O–H groups in total. The molecule has 5 rings (SSSR count). The van der Waals surface area contributed by atoms with E-state index >= 15 is 0 Å². The minimum absolute atomic E-state index is 0.0318. The van der Waals surface area contributed by atoms with Crippen LogP contribution in [0.1, 0.15) is 56.1 Å². The van der Waals surface area contributed by atoms with Gasteiger partial charge in [0.05, 0.1) is 5.92 Å². The molecule has 7 heteroatoms. The van der Waals surface area contributed by atoms with E-state index in [0.717, 1.165) is 41.5 Å². The number of carbonyl (C=O) groups excluding carboxylic acids is 2. The van der Waals surface area contributed by atoms with Crippen molar-refractivity contribution in [2.45, 2.75) is 56.5 Å². The molecule has 0 heterocycles. The lowest BCUT2D eigenvalue weighted by atomic mass is 9.93. The lowest BCUT2D eigenvalue weighted by Gasteiger charge is -2.29. The van der Waals surface area contributed by atoms with Crippen LogP contribution in [0.5, 0.6) is 0 Å². The van der Waals surface area contributed by atoms with Crippen LogP contribution >= 0.6 is 0 Å². The van der Waals surface area contributed by atoms with E-state index in [0.29, 0.717) is 12.8 Å². The fourth-order valence-corrected chi connectivity index (χ4v) is 5.58. The van der Waals surface area contributed by atoms with Gasteiger partial charge in [-0.15, -0.1) is 0 Å². The Morgan fingerprint density at radius 1 is 0.971 bits per heavy atom. The second-order valence-corrected chi connectivity index (χ2v) is 9.88. The van der Waals surface area contributed by atoms with Crippen LogP contribution in [0.15, 0.2) is 48.5 Å². The Balaban J connectivity index is 1.21. The summed E-state index contributed by atoms with van der Waals surface area (Å²) < 4.78 is 5.64.